The minimum Gasteiger partial charge on any atom is -0.508 e. The summed E-state index contributed by atoms with van der Waals surface area (Å²) < 4.78 is 36.6. The molecule has 0 heterocycles. The molecule has 84 valence electrons. The van der Waals surface area contributed by atoms with Crippen LogP contribution < -0.4 is 0 Å². The summed E-state index contributed by atoms with van der Waals surface area (Å²) in [5.41, 5.74) is 0.752. The Morgan fingerprint density at radius 2 is 1.60 bits per heavy atom. The van der Waals surface area contributed by atoms with Crippen molar-refractivity contribution in [3.63, 3.8) is 0 Å². The van der Waals surface area contributed by atoms with E-state index in [1.807, 2.05) is 0 Å². The smallest absolute Gasteiger partial charge is 0.418 e. The fourth-order valence-corrected chi connectivity index (χ4v) is 1.22. The number of hydrogen-bond donors (Lipinski definition) is 2. The molecule has 1 aromatic carbocycles. The molecule has 0 aliphatic heterocycles. The van der Waals surface area contributed by atoms with E-state index in [4.69, 9.17) is 5.11 Å². The van der Waals surface area contributed by atoms with Crippen LogP contribution >= 0.6 is 0 Å². The highest BCUT2D eigenvalue weighted by Crippen LogP contribution is 2.37. The second-order valence-corrected chi connectivity index (χ2v) is 3.44. The normalized spacial score (nSPS) is 14.0. The fourth-order valence-electron chi connectivity index (χ4n) is 1.22. The lowest BCUT2D eigenvalue weighted by Gasteiger charge is -2.17. The van der Waals surface area contributed by atoms with Crippen molar-refractivity contribution in [2.75, 3.05) is 0 Å². The number of halogens is 3. The topological polar surface area (TPSA) is 40.5 Å². The van der Waals surface area contributed by atoms with Gasteiger partial charge in [0.2, 0.25) is 0 Å². The largest absolute Gasteiger partial charge is 0.508 e. The highest BCUT2D eigenvalue weighted by Gasteiger charge is 2.40. The van der Waals surface area contributed by atoms with E-state index < -0.39 is 23.6 Å². The molecular weight excluding hydrogens is 209 g/mol. The number of aliphatic hydroxyl groups is 1. The van der Waals surface area contributed by atoms with E-state index in [-0.39, 0.29) is 0 Å². The second-order valence-electron chi connectivity index (χ2n) is 3.44. The predicted octanol–water partition coefficient (Wildman–Crippen LogP) is 2.60. The summed E-state index contributed by atoms with van der Waals surface area (Å²) in [6.45, 7) is 3.28. The van der Waals surface area contributed by atoms with Crippen molar-refractivity contribution in [3.8, 4) is 5.75 Å². The Kier molecular flexibility index (Phi) is 2.95. The highest BCUT2D eigenvalue weighted by atomic mass is 19.4. The van der Waals surface area contributed by atoms with Crippen LogP contribution in [0.25, 0.3) is 0 Å². The van der Waals surface area contributed by atoms with Crippen molar-refractivity contribution < 1.29 is 23.4 Å². The van der Waals surface area contributed by atoms with Crippen LogP contribution in [0.2, 0.25) is 0 Å². The molecule has 1 rings (SSSR count). The molecule has 5 heteroatoms. The average Bonchev–Trinajstić information content (AvgIpc) is 2.08. The van der Waals surface area contributed by atoms with Gasteiger partial charge in [-0.2, -0.15) is 13.2 Å². The van der Waals surface area contributed by atoms with Gasteiger partial charge in [0.05, 0.1) is 0 Å². The van der Waals surface area contributed by atoms with Crippen LogP contribution in [0.3, 0.4) is 0 Å². The number of hydrogen-bond acceptors (Lipinski definition) is 2. The molecule has 15 heavy (non-hydrogen) atoms. The van der Waals surface area contributed by atoms with Gasteiger partial charge in [-0.25, -0.2) is 0 Å². The monoisotopic (exact) mass is 220 g/mol. The zero-order chi connectivity index (χ0) is 11.8. The molecular formula is C10H11F3O2. The van der Waals surface area contributed by atoms with Crippen molar-refractivity contribution in [3.05, 3.63) is 28.8 Å². The van der Waals surface area contributed by atoms with Crippen LogP contribution in [0.5, 0.6) is 5.75 Å². The maximum Gasteiger partial charge on any atom is 0.418 e. The van der Waals surface area contributed by atoms with Crippen LogP contribution in [0.15, 0.2) is 12.1 Å². The first-order valence-corrected chi connectivity index (χ1v) is 4.28. The molecule has 0 aliphatic carbocycles. The number of benzene rings is 1. The lowest BCUT2D eigenvalue weighted by Crippen LogP contribution is -2.20. The van der Waals surface area contributed by atoms with Crippen LogP contribution in [-0.2, 0) is 0 Å². The third kappa shape index (κ3) is 2.41. The maximum atomic E-state index is 12.2. The summed E-state index contributed by atoms with van der Waals surface area (Å²) in [6.07, 6.45) is -7.41. The van der Waals surface area contributed by atoms with Crippen LogP contribution in [-0.4, -0.2) is 16.4 Å². The number of aliphatic hydroxyl groups excluding tert-OH is 1. The van der Waals surface area contributed by atoms with E-state index in [0.29, 0.717) is 11.1 Å². The molecule has 0 spiro atoms. The van der Waals surface area contributed by atoms with Gasteiger partial charge in [0, 0.05) is 5.56 Å². The van der Waals surface area contributed by atoms with Gasteiger partial charge in [0.25, 0.3) is 0 Å². The van der Waals surface area contributed by atoms with Crippen molar-refractivity contribution in [2.45, 2.75) is 26.1 Å². The third-order valence-corrected chi connectivity index (χ3v) is 2.25. The van der Waals surface area contributed by atoms with E-state index >= 15 is 0 Å². The molecule has 2 N–H and O–H groups in total. The Morgan fingerprint density at radius 3 is 2.07 bits per heavy atom. The van der Waals surface area contributed by atoms with Gasteiger partial charge in [-0.1, -0.05) is 0 Å². The van der Waals surface area contributed by atoms with Crippen molar-refractivity contribution in [2.24, 2.45) is 0 Å². The Morgan fingerprint density at radius 1 is 1.13 bits per heavy atom. The number of phenols is 1. The summed E-state index contributed by atoms with van der Waals surface area (Å²) in [6, 6.07) is 2.35. The molecule has 2 nitrogen and oxygen atoms in total. The molecule has 0 radical (unpaired) electrons. The minimum atomic E-state index is -4.76. The number of rotatable bonds is 1. The van der Waals surface area contributed by atoms with E-state index in [2.05, 4.69) is 0 Å². The zero-order valence-corrected chi connectivity index (χ0v) is 8.26. The fraction of sp³-hybridized carbons (Fsp3) is 0.400. The number of aryl methyl sites for hydroxylation is 2. The molecule has 0 aromatic heterocycles. The summed E-state index contributed by atoms with van der Waals surface area (Å²) in [5, 5.41) is 18.3. The summed E-state index contributed by atoms with van der Waals surface area (Å²) >= 11 is 0. The Bertz CT molecular complexity index is 372. The van der Waals surface area contributed by atoms with E-state index in [9.17, 15) is 18.3 Å². The first-order chi connectivity index (χ1) is 6.73. The van der Waals surface area contributed by atoms with Gasteiger partial charge < -0.3 is 10.2 Å². The summed E-state index contributed by atoms with van der Waals surface area (Å²) in [5.74, 6) is -0.539. The van der Waals surface area contributed by atoms with Crippen LogP contribution in [0.1, 0.15) is 22.8 Å². The first-order valence-electron chi connectivity index (χ1n) is 4.28. The Balaban J connectivity index is 3.21. The lowest BCUT2D eigenvalue weighted by molar-refractivity contribution is -0.207. The number of alkyl halides is 3. The van der Waals surface area contributed by atoms with E-state index in [0.717, 1.165) is 6.07 Å². The molecule has 1 aromatic rings. The van der Waals surface area contributed by atoms with Gasteiger partial charge in [-0.3, -0.25) is 0 Å². The number of aromatic hydroxyl groups is 1. The van der Waals surface area contributed by atoms with Gasteiger partial charge in [-0.05, 0) is 37.1 Å². The molecule has 0 bridgehead atoms. The standard InChI is InChI=1S/C10H11F3O2/c1-5-3-7(8(14)4-6(5)2)9(15)10(11,12)13/h3-4,9,14-15H,1-2H3/t9-/m0/s1. The van der Waals surface area contributed by atoms with Gasteiger partial charge in [0.1, 0.15) is 5.75 Å². The quantitative estimate of drug-likeness (QED) is 0.763. The van der Waals surface area contributed by atoms with Crippen molar-refractivity contribution >= 4 is 0 Å². The van der Waals surface area contributed by atoms with Crippen molar-refractivity contribution in [1.29, 1.82) is 0 Å². The molecule has 0 aliphatic rings. The highest BCUT2D eigenvalue weighted by molar-refractivity contribution is 5.42. The molecule has 0 saturated heterocycles. The molecule has 0 amide bonds. The van der Waals surface area contributed by atoms with Gasteiger partial charge in [0.15, 0.2) is 6.10 Å². The number of phenolic OH excluding ortho intramolecular Hbond substituents is 1. The van der Waals surface area contributed by atoms with Crippen molar-refractivity contribution in [1.82, 2.24) is 0 Å². The molecule has 0 fully saturated rings. The van der Waals surface area contributed by atoms with Gasteiger partial charge >= 0.3 is 6.18 Å². The third-order valence-electron chi connectivity index (χ3n) is 2.25. The molecule has 1 atom stereocenters. The summed E-state index contributed by atoms with van der Waals surface area (Å²) in [4.78, 5) is 0. The predicted molar refractivity (Wildman–Crippen MR) is 48.6 cm³/mol. The average molecular weight is 220 g/mol. The summed E-state index contributed by atoms with van der Waals surface area (Å²) in [7, 11) is 0. The zero-order valence-electron chi connectivity index (χ0n) is 8.26. The Hall–Kier alpha value is -1.23. The van der Waals surface area contributed by atoms with E-state index in [1.165, 1.54) is 6.07 Å². The van der Waals surface area contributed by atoms with Crippen LogP contribution in [0, 0.1) is 13.8 Å². The first kappa shape index (κ1) is 11.8. The maximum absolute atomic E-state index is 12.2. The van der Waals surface area contributed by atoms with E-state index in [1.54, 1.807) is 13.8 Å². The van der Waals surface area contributed by atoms with Crippen LogP contribution in [0.4, 0.5) is 13.2 Å². The van der Waals surface area contributed by atoms with Gasteiger partial charge in [-0.15, -0.1) is 0 Å². The second kappa shape index (κ2) is 3.73. The Labute approximate surface area is 85.0 Å². The molecule has 0 saturated carbocycles. The SMILES string of the molecule is Cc1cc(O)c([C@H](O)C(F)(F)F)cc1C. The minimum absolute atomic E-state index is 0.509. The molecule has 0 unspecified atom stereocenters. The lowest BCUT2D eigenvalue weighted by atomic mass is 10.0.